The molecular formula is C15H21ClFN. The number of benzene rings is 1. The molecule has 1 aromatic rings. The Balaban J connectivity index is 2.22. The minimum absolute atomic E-state index is 0.238. The lowest BCUT2D eigenvalue weighted by atomic mass is 9.70. The van der Waals surface area contributed by atoms with Crippen molar-refractivity contribution >= 4 is 11.6 Å². The molecule has 100 valence electrons. The molecule has 0 bridgehead atoms. The molecule has 2 unspecified atom stereocenters. The van der Waals surface area contributed by atoms with Gasteiger partial charge in [0.2, 0.25) is 0 Å². The molecule has 2 rings (SSSR count). The van der Waals surface area contributed by atoms with Gasteiger partial charge in [-0.15, -0.1) is 0 Å². The van der Waals surface area contributed by atoms with Gasteiger partial charge in [-0.25, -0.2) is 4.39 Å². The van der Waals surface area contributed by atoms with Crippen molar-refractivity contribution in [1.29, 1.82) is 0 Å². The SMILES string of the molecule is CC1CC(C)CC(N)(Cc2c(F)cccc2Cl)C1. The number of hydrogen-bond acceptors (Lipinski definition) is 1. The summed E-state index contributed by atoms with van der Waals surface area (Å²) in [7, 11) is 0. The van der Waals surface area contributed by atoms with E-state index in [2.05, 4.69) is 13.8 Å². The minimum Gasteiger partial charge on any atom is -0.325 e. The van der Waals surface area contributed by atoms with Crippen LogP contribution in [0.15, 0.2) is 18.2 Å². The molecule has 18 heavy (non-hydrogen) atoms. The third-order valence-electron chi connectivity index (χ3n) is 3.91. The summed E-state index contributed by atoms with van der Waals surface area (Å²) in [4.78, 5) is 0. The Morgan fingerprint density at radius 3 is 2.50 bits per heavy atom. The van der Waals surface area contributed by atoms with Gasteiger partial charge in [-0.2, -0.15) is 0 Å². The summed E-state index contributed by atoms with van der Waals surface area (Å²) in [5.74, 6) is 0.965. The molecule has 3 heteroatoms. The maximum absolute atomic E-state index is 13.8. The molecular weight excluding hydrogens is 249 g/mol. The topological polar surface area (TPSA) is 26.0 Å². The van der Waals surface area contributed by atoms with Crippen LogP contribution in [0.25, 0.3) is 0 Å². The summed E-state index contributed by atoms with van der Waals surface area (Å²) in [6.45, 7) is 4.44. The van der Waals surface area contributed by atoms with Crippen LogP contribution in [0.4, 0.5) is 4.39 Å². The molecule has 2 atom stereocenters. The second-order valence-corrected chi connectivity index (χ2v) is 6.50. The van der Waals surface area contributed by atoms with E-state index < -0.39 is 0 Å². The first-order valence-electron chi connectivity index (χ1n) is 6.61. The quantitative estimate of drug-likeness (QED) is 0.857. The fourth-order valence-electron chi connectivity index (χ4n) is 3.52. The van der Waals surface area contributed by atoms with E-state index in [1.165, 1.54) is 12.5 Å². The van der Waals surface area contributed by atoms with E-state index in [1.54, 1.807) is 12.1 Å². The van der Waals surface area contributed by atoms with Gasteiger partial charge < -0.3 is 5.73 Å². The van der Waals surface area contributed by atoms with Crippen LogP contribution in [0.5, 0.6) is 0 Å². The maximum Gasteiger partial charge on any atom is 0.127 e. The zero-order chi connectivity index (χ0) is 13.3. The second kappa shape index (κ2) is 5.18. The highest BCUT2D eigenvalue weighted by Gasteiger charge is 2.35. The van der Waals surface area contributed by atoms with Gasteiger partial charge in [0.1, 0.15) is 5.82 Å². The van der Waals surface area contributed by atoms with Crippen molar-refractivity contribution in [1.82, 2.24) is 0 Å². The Hall–Kier alpha value is -0.600. The smallest absolute Gasteiger partial charge is 0.127 e. The number of rotatable bonds is 2. The molecule has 1 fully saturated rings. The van der Waals surface area contributed by atoms with Crippen molar-refractivity contribution in [3.63, 3.8) is 0 Å². The summed E-state index contributed by atoms with van der Waals surface area (Å²) >= 11 is 6.09. The van der Waals surface area contributed by atoms with Crippen LogP contribution < -0.4 is 5.73 Å². The molecule has 0 aliphatic heterocycles. The lowest BCUT2D eigenvalue weighted by molar-refractivity contribution is 0.181. The highest BCUT2D eigenvalue weighted by Crippen LogP contribution is 2.37. The lowest BCUT2D eigenvalue weighted by Crippen LogP contribution is -2.48. The molecule has 0 spiro atoms. The van der Waals surface area contributed by atoms with Gasteiger partial charge in [0.25, 0.3) is 0 Å². The summed E-state index contributed by atoms with van der Waals surface area (Å²) < 4.78 is 13.8. The van der Waals surface area contributed by atoms with Gasteiger partial charge in [-0.05, 0) is 49.7 Å². The van der Waals surface area contributed by atoms with E-state index in [-0.39, 0.29) is 11.4 Å². The molecule has 1 saturated carbocycles. The zero-order valence-electron chi connectivity index (χ0n) is 11.0. The van der Waals surface area contributed by atoms with Gasteiger partial charge in [0.15, 0.2) is 0 Å². The number of nitrogens with two attached hydrogens (primary N) is 1. The van der Waals surface area contributed by atoms with Crippen molar-refractivity contribution in [2.45, 2.75) is 45.1 Å². The molecule has 0 heterocycles. The number of hydrogen-bond donors (Lipinski definition) is 1. The Morgan fingerprint density at radius 2 is 1.94 bits per heavy atom. The zero-order valence-corrected chi connectivity index (χ0v) is 11.8. The normalized spacial score (nSPS) is 32.5. The first-order valence-corrected chi connectivity index (χ1v) is 6.99. The predicted molar refractivity (Wildman–Crippen MR) is 74.2 cm³/mol. The summed E-state index contributed by atoms with van der Waals surface area (Å²) in [6.07, 6.45) is 3.64. The molecule has 1 aliphatic rings. The van der Waals surface area contributed by atoms with Crippen LogP contribution in [0.1, 0.15) is 38.7 Å². The van der Waals surface area contributed by atoms with Gasteiger partial charge in [0, 0.05) is 16.1 Å². The molecule has 2 N–H and O–H groups in total. The molecule has 0 saturated heterocycles. The first kappa shape index (κ1) is 13.8. The Morgan fingerprint density at radius 1 is 1.33 bits per heavy atom. The van der Waals surface area contributed by atoms with Crippen LogP contribution in [-0.4, -0.2) is 5.54 Å². The summed E-state index contributed by atoms with van der Waals surface area (Å²) in [5.41, 5.74) is 6.74. The van der Waals surface area contributed by atoms with Crippen molar-refractivity contribution < 1.29 is 4.39 Å². The fraction of sp³-hybridized carbons (Fsp3) is 0.600. The second-order valence-electron chi connectivity index (χ2n) is 6.09. The van der Waals surface area contributed by atoms with E-state index in [9.17, 15) is 4.39 Å². The average Bonchev–Trinajstić information content (AvgIpc) is 2.21. The van der Waals surface area contributed by atoms with Crippen molar-refractivity contribution in [3.05, 3.63) is 34.6 Å². The Bertz CT molecular complexity index is 402. The van der Waals surface area contributed by atoms with Crippen LogP contribution in [0, 0.1) is 17.7 Å². The van der Waals surface area contributed by atoms with Crippen LogP contribution in [0.3, 0.4) is 0 Å². The third kappa shape index (κ3) is 3.04. The predicted octanol–water partition coefficient (Wildman–Crippen LogP) is 4.18. The van der Waals surface area contributed by atoms with Crippen LogP contribution in [0.2, 0.25) is 5.02 Å². The van der Waals surface area contributed by atoms with Gasteiger partial charge in [0.05, 0.1) is 0 Å². The fourth-order valence-corrected chi connectivity index (χ4v) is 3.75. The standard InChI is InChI=1S/C15H21ClFN/c1-10-6-11(2)8-15(18,7-10)9-12-13(16)4-3-5-14(12)17/h3-5,10-11H,6-9,18H2,1-2H3. The molecule has 1 aliphatic carbocycles. The van der Waals surface area contributed by atoms with E-state index >= 15 is 0 Å². The first-order chi connectivity index (χ1) is 8.39. The highest BCUT2D eigenvalue weighted by atomic mass is 35.5. The molecule has 0 amide bonds. The van der Waals surface area contributed by atoms with E-state index in [0.29, 0.717) is 28.8 Å². The van der Waals surface area contributed by atoms with Crippen LogP contribution >= 0.6 is 11.6 Å². The molecule has 1 nitrogen and oxygen atoms in total. The maximum atomic E-state index is 13.8. The minimum atomic E-state index is -0.317. The lowest BCUT2D eigenvalue weighted by Gasteiger charge is -2.40. The summed E-state index contributed by atoms with van der Waals surface area (Å²) in [5, 5.41) is 0.491. The monoisotopic (exact) mass is 269 g/mol. The van der Waals surface area contributed by atoms with Crippen molar-refractivity contribution in [2.24, 2.45) is 17.6 Å². The van der Waals surface area contributed by atoms with E-state index in [0.717, 1.165) is 12.8 Å². The van der Waals surface area contributed by atoms with Crippen molar-refractivity contribution in [3.8, 4) is 0 Å². The van der Waals surface area contributed by atoms with Gasteiger partial charge in [-0.3, -0.25) is 0 Å². The van der Waals surface area contributed by atoms with Gasteiger partial charge in [-0.1, -0.05) is 31.5 Å². The summed E-state index contributed by atoms with van der Waals surface area (Å²) in [6, 6.07) is 4.83. The van der Waals surface area contributed by atoms with E-state index in [1.807, 2.05) is 0 Å². The third-order valence-corrected chi connectivity index (χ3v) is 4.26. The largest absolute Gasteiger partial charge is 0.325 e. The molecule has 1 aromatic carbocycles. The molecule has 0 radical (unpaired) electrons. The molecule has 0 aromatic heterocycles. The van der Waals surface area contributed by atoms with Crippen molar-refractivity contribution in [2.75, 3.05) is 0 Å². The highest BCUT2D eigenvalue weighted by molar-refractivity contribution is 6.31. The van der Waals surface area contributed by atoms with E-state index in [4.69, 9.17) is 17.3 Å². The Kier molecular flexibility index (Phi) is 3.98. The number of halogens is 2. The van der Waals surface area contributed by atoms with Crippen LogP contribution in [-0.2, 0) is 6.42 Å². The Labute approximate surface area is 114 Å². The van der Waals surface area contributed by atoms with Gasteiger partial charge >= 0.3 is 0 Å². The average molecular weight is 270 g/mol.